The molecule has 0 atom stereocenters. The summed E-state index contributed by atoms with van der Waals surface area (Å²) in [5, 5.41) is 4.57. The Morgan fingerprint density at radius 1 is 1.38 bits per heavy atom. The highest BCUT2D eigenvalue weighted by Gasteiger charge is 2.16. The number of thiazole rings is 1. The minimum atomic E-state index is 0.820. The Bertz CT molecular complexity index is 321. The molecule has 1 aromatic rings. The number of nitrogens with one attached hydrogen (secondary N) is 1. The van der Waals surface area contributed by atoms with Gasteiger partial charge in [-0.2, -0.15) is 0 Å². The van der Waals surface area contributed by atoms with Crippen molar-refractivity contribution in [2.75, 3.05) is 32.0 Å². The SMILES string of the molecule is Cc1nc(NCC2CCN(C)CC2)sc1C. The summed E-state index contributed by atoms with van der Waals surface area (Å²) < 4.78 is 0. The molecule has 1 aliphatic rings. The topological polar surface area (TPSA) is 28.2 Å². The Balaban J connectivity index is 1.79. The molecule has 1 saturated heterocycles. The first-order valence-electron chi connectivity index (χ1n) is 6.01. The summed E-state index contributed by atoms with van der Waals surface area (Å²) in [6, 6.07) is 0. The first-order chi connectivity index (χ1) is 7.65. The van der Waals surface area contributed by atoms with Crippen LogP contribution in [-0.2, 0) is 0 Å². The van der Waals surface area contributed by atoms with Gasteiger partial charge < -0.3 is 10.2 Å². The summed E-state index contributed by atoms with van der Waals surface area (Å²) in [6.07, 6.45) is 2.62. The van der Waals surface area contributed by atoms with Crippen LogP contribution in [0.1, 0.15) is 23.4 Å². The average molecular weight is 239 g/mol. The first kappa shape index (κ1) is 11.9. The van der Waals surface area contributed by atoms with Gasteiger partial charge in [0.15, 0.2) is 5.13 Å². The Morgan fingerprint density at radius 3 is 2.62 bits per heavy atom. The molecule has 90 valence electrons. The van der Waals surface area contributed by atoms with Crippen LogP contribution in [0.2, 0.25) is 0 Å². The summed E-state index contributed by atoms with van der Waals surface area (Å²) >= 11 is 1.77. The van der Waals surface area contributed by atoms with E-state index in [-0.39, 0.29) is 0 Å². The zero-order valence-corrected chi connectivity index (χ0v) is 11.2. The molecule has 0 aliphatic carbocycles. The van der Waals surface area contributed by atoms with Crippen LogP contribution >= 0.6 is 11.3 Å². The van der Waals surface area contributed by atoms with Gasteiger partial charge >= 0.3 is 0 Å². The number of piperidine rings is 1. The van der Waals surface area contributed by atoms with E-state index in [0.29, 0.717) is 0 Å². The fourth-order valence-electron chi connectivity index (χ4n) is 2.05. The van der Waals surface area contributed by atoms with Crippen LogP contribution in [0.15, 0.2) is 0 Å². The summed E-state index contributed by atoms with van der Waals surface area (Å²) in [5.41, 5.74) is 1.16. The van der Waals surface area contributed by atoms with Crippen LogP contribution in [0.3, 0.4) is 0 Å². The Labute approximate surface area is 102 Å². The summed E-state index contributed by atoms with van der Waals surface area (Å²) in [7, 11) is 2.21. The number of rotatable bonds is 3. The lowest BCUT2D eigenvalue weighted by molar-refractivity contribution is 0.226. The molecule has 1 aromatic heterocycles. The van der Waals surface area contributed by atoms with E-state index in [0.717, 1.165) is 23.3 Å². The second-order valence-electron chi connectivity index (χ2n) is 4.79. The molecule has 1 fully saturated rings. The molecule has 0 radical (unpaired) electrons. The van der Waals surface area contributed by atoms with Crippen LogP contribution in [0.5, 0.6) is 0 Å². The van der Waals surface area contributed by atoms with Gasteiger partial charge in [0.1, 0.15) is 0 Å². The maximum absolute atomic E-state index is 4.51. The van der Waals surface area contributed by atoms with E-state index < -0.39 is 0 Å². The van der Waals surface area contributed by atoms with Gasteiger partial charge in [0, 0.05) is 11.4 Å². The maximum Gasteiger partial charge on any atom is 0.183 e. The maximum atomic E-state index is 4.51. The van der Waals surface area contributed by atoms with Gasteiger partial charge in [0.05, 0.1) is 5.69 Å². The normalized spacial score (nSPS) is 18.9. The Kier molecular flexibility index (Phi) is 3.82. The van der Waals surface area contributed by atoms with E-state index in [1.165, 1.54) is 30.8 Å². The van der Waals surface area contributed by atoms with Crippen molar-refractivity contribution < 1.29 is 0 Å². The molecular formula is C12H21N3S. The summed E-state index contributed by atoms with van der Waals surface area (Å²) in [4.78, 5) is 8.24. The van der Waals surface area contributed by atoms with Crippen molar-refractivity contribution in [3.05, 3.63) is 10.6 Å². The number of aromatic nitrogens is 1. The lowest BCUT2D eigenvalue weighted by Gasteiger charge is -2.28. The van der Waals surface area contributed by atoms with Gasteiger partial charge in [-0.3, -0.25) is 0 Å². The van der Waals surface area contributed by atoms with E-state index >= 15 is 0 Å². The molecule has 0 amide bonds. The minimum absolute atomic E-state index is 0.820. The largest absolute Gasteiger partial charge is 0.361 e. The minimum Gasteiger partial charge on any atom is -0.361 e. The predicted octanol–water partition coefficient (Wildman–Crippen LogP) is 2.51. The Morgan fingerprint density at radius 2 is 2.06 bits per heavy atom. The van der Waals surface area contributed by atoms with Gasteiger partial charge in [0.2, 0.25) is 0 Å². The molecule has 0 saturated carbocycles. The van der Waals surface area contributed by atoms with Crippen molar-refractivity contribution in [3.63, 3.8) is 0 Å². The predicted molar refractivity (Wildman–Crippen MR) is 70.3 cm³/mol. The number of anilines is 1. The first-order valence-corrected chi connectivity index (χ1v) is 6.83. The second kappa shape index (κ2) is 5.15. The van der Waals surface area contributed by atoms with Crippen LogP contribution in [0, 0.1) is 19.8 Å². The molecule has 1 aliphatic heterocycles. The van der Waals surface area contributed by atoms with Crippen molar-refractivity contribution in [2.24, 2.45) is 5.92 Å². The number of aryl methyl sites for hydroxylation is 2. The molecule has 1 N–H and O–H groups in total. The number of likely N-dealkylation sites (tertiary alicyclic amines) is 1. The fraction of sp³-hybridized carbons (Fsp3) is 0.750. The van der Waals surface area contributed by atoms with Crippen LogP contribution in [0.25, 0.3) is 0 Å². The van der Waals surface area contributed by atoms with Gasteiger partial charge in [-0.15, -0.1) is 11.3 Å². The molecule has 4 heteroatoms. The van der Waals surface area contributed by atoms with Gasteiger partial charge in [-0.1, -0.05) is 0 Å². The molecule has 0 spiro atoms. The third kappa shape index (κ3) is 2.95. The van der Waals surface area contributed by atoms with E-state index in [1.54, 1.807) is 11.3 Å². The zero-order valence-electron chi connectivity index (χ0n) is 10.4. The van der Waals surface area contributed by atoms with Crippen LogP contribution < -0.4 is 5.32 Å². The van der Waals surface area contributed by atoms with Crippen molar-refractivity contribution >= 4 is 16.5 Å². The van der Waals surface area contributed by atoms with E-state index in [9.17, 15) is 0 Å². The third-order valence-electron chi connectivity index (χ3n) is 3.41. The number of hydrogen-bond donors (Lipinski definition) is 1. The number of nitrogens with zero attached hydrogens (tertiary/aromatic N) is 2. The van der Waals surface area contributed by atoms with Crippen molar-refractivity contribution in [2.45, 2.75) is 26.7 Å². The monoisotopic (exact) mass is 239 g/mol. The van der Waals surface area contributed by atoms with Crippen LogP contribution in [-0.4, -0.2) is 36.6 Å². The molecular weight excluding hydrogens is 218 g/mol. The lowest BCUT2D eigenvalue weighted by atomic mass is 9.97. The third-order valence-corrected chi connectivity index (χ3v) is 4.44. The van der Waals surface area contributed by atoms with Crippen molar-refractivity contribution in [1.29, 1.82) is 0 Å². The highest BCUT2D eigenvalue weighted by molar-refractivity contribution is 7.15. The summed E-state index contributed by atoms with van der Waals surface area (Å²) in [6.45, 7) is 7.77. The van der Waals surface area contributed by atoms with Crippen LogP contribution in [0.4, 0.5) is 5.13 Å². The lowest BCUT2D eigenvalue weighted by Crippen LogP contribution is -2.32. The average Bonchev–Trinajstić information content (AvgIpc) is 2.58. The molecule has 2 heterocycles. The van der Waals surface area contributed by atoms with Crippen molar-refractivity contribution in [1.82, 2.24) is 9.88 Å². The molecule has 2 rings (SSSR count). The standard InChI is InChI=1S/C12H21N3S/c1-9-10(2)16-12(14-9)13-8-11-4-6-15(3)7-5-11/h11H,4-8H2,1-3H3,(H,13,14). The molecule has 0 bridgehead atoms. The fourth-order valence-corrected chi connectivity index (χ4v) is 2.87. The highest BCUT2D eigenvalue weighted by atomic mass is 32.1. The molecule has 16 heavy (non-hydrogen) atoms. The van der Waals surface area contributed by atoms with Gasteiger partial charge in [-0.25, -0.2) is 4.98 Å². The molecule has 0 unspecified atom stereocenters. The highest BCUT2D eigenvalue weighted by Crippen LogP contribution is 2.22. The van der Waals surface area contributed by atoms with Gasteiger partial charge in [0.25, 0.3) is 0 Å². The zero-order chi connectivity index (χ0) is 11.5. The smallest absolute Gasteiger partial charge is 0.183 e. The van der Waals surface area contributed by atoms with E-state index in [2.05, 4.69) is 36.1 Å². The van der Waals surface area contributed by atoms with Gasteiger partial charge in [-0.05, 0) is 52.7 Å². The second-order valence-corrected chi connectivity index (χ2v) is 5.99. The summed E-state index contributed by atoms with van der Waals surface area (Å²) in [5.74, 6) is 0.820. The van der Waals surface area contributed by atoms with E-state index in [1.807, 2.05) is 0 Å². The quantitative estimate of drug-likeness (QED) is 0.878. The molecule has 3 nitrogen and oxygen atoms in total. The van der Waals surface area contributed by atoms with Crippen molar-refractivity contribution in [3.8, 4) is 0 Å². The molecule has 0 aromatic carbocycles. The number of hydrogen-bond acceptors (Lipinski definition) is 4. The Hall–Kier alpha value is -0.610. The van der Waals surface area contributed by atoms with E-state index in [4.69, 9.17) is 0 Å².